The lowest BCUT2D eigenvalue weighted by molar-refractivity contribution is -0.00533. The van der Waals surface area contributed by atoms with Crippen molar-refractivity contribution in [3.63, 3.8) is 0 Å². The van der Waals surface area contributed by atoms with E-state index in [-0.39, 0.29) is 5.82 Å². The third-order valence-electron chi connectivity index (χ3n) is 3.44. The highest BCUT2D eigenvalue weighted by molar-refractivity contribution is 5.37. The van der Waals surface area contributed by atoms with Crippen molar-refractivity contribution < 1.29 is 9.50 Å². The number of nitrogens with one attached hydrogen (secondary N) is 1. The minimum absolute atomic E-state index is 0.331. The van der Waals surface area contributed by atoms with E-state index < -0.39 is 11.1 Å². The highest BCUT2D eigenvalue weighted by Crippen LogP contribution is 2.21. The molecule has 0 fully saturated rings. The SMILES string of the molecule is CC(C)(O)C(C)(C)NCc1cc(F)ccc1C#N. The van der Waals surface area contributed by atoms with Crippen LogP contribution in [0.2, 0.25) is 0 Å². The summed E-state index contributed by atoms with van der Waals surface area (Å²) in [5.41, 5.74) is -0.440. The Kier molecular flexibility index (Phi) is 4.10. The van der Waals surface area contributed by atoms with Crippen LogP contribution < -0.4 is 5.32 Å². The molecule has 0 atom stereocenters. The lowest BCUT2D eigenvalue weighted by Crippen LogP contribution is -2.55. The highest BCUT2D eigenvalue weighted by atomic mass is 19.1. The zero-order valence-electron chi connectivity index (χ0n) is 11.2. The molecule has 1 rings (SSSR count). The fraction of sp³-hybridized carbons (Fsp3) is 0.500. The van der Waals surface area contributed by atoms with E-state index in [2.05, 4.69) is 5.32 Å². The maximum absolute atomic E-state index is 13.2. The van der Waals surface area contributed by atoms with Crippen LogP contribution in [0.4, 0.5) is 4.39 Å². The summed E-state index contributed by atoms with van der Waals surface area (Å²) >= 11 is 0. The van der Waals surface area contributed by atoms with Crippen molar-refractivity contribution in [2.45, 2.75) is 45.4 Å². The molecule has 0 aliphatic heterocycles. The van der Waals surface area contributed by atoms with Crippen molar-refractivity contribution in [3.8, 4) is 6.07 Å². The Labute approximate surface area is 107 Å². The summed E-state index contributed by atoms with van der Waals surface area (Å²) in [6, 6.07) is 6.10. The fourth-order valence-electron chi connectivity index (χ4n) is 1.35. The number of rotatable bonds is 4. The van der Waals surface area contributed by atoms with Crippen molar-refractivity contribution in [3.05, 3.63) is 35.1 Å². The van der Waals surface area contributed by atoms with Crippen molar-refractivity contribution in [2.75, 3.05) is 0 Å². The van der Waals surface area contributed by atoms with E-state index in [4.69, 9.17) is 5.26 Å². The second kappa shape index (κ2) is 5.05. The molecular formula is C14H19FN2O. The Morgan fingerprint density at radius 1 is 1.33 bits per heavy atom. The van der Waals surface area contributed by atoms with Gasteiger partial charge in [0.15, 0.2) is 0 Å². The summed E-state index contributed by atoms with van der Waals surface area (Å²) in [7, 11) is 0. The smallest absolute Gasteiger partial charge is 0.123 e. The quantitative estimate of drug-likeness (QED) is 0.862. The predicted octanol–water partition coefficient (Wildman–Crippen LogP) is 2.34. The molecule has 98 valence electrons. The van der Waals surface area contributed by atoms with Crippen LogP contribution in [-0.4, -0.2) is 16.2 Å². The molecule has 0 heterocycles. The molecule has 0 spiro atoms. The predicted molar refractivity (Wildman–Crippen MR) is 68.3 cm³/mol. The van der Waals surface area contributed by atoms with Gasteiger partial charge in [-0.25, -0.2) is 4.39 Å². The van der Waals surface area contributed by atoms with Gasteiger partial charge in [-0.1, -0.05) is 0 Å². The number of nitriles is 1. The molecule has 18 heavy (non-hydrogen) atoms. The Hall–Kier alpha value is -1.44. The summed E-state index contributed by atoms with van der Waals surface area (Å²) in [6.07, 6.45) is 0. The molecule has 4 heteroatoms. The van der Waals surface area contributed by atoms with Crippen LogP contribution in [0.5, 0.6) is 0 Å². The van der Waals surface area contributed by atoms with E-state index in [9.17, 15) is 9.50 Å². The van der Waals surface area contributed by atoms with Gasteiger partial charge in [-0.2, -0.15) is 5.26 Å². The molecule has 1 aromatic carbocycles. The van der Waals surface area contributed by atoms with Gasteiger partial charge in [0, 0.05) is 12.1 Å². The summed E-state index contributed by atoms with van der Waals surface area (Å²) in [5.74, 6) is -0.369. The Bertz CT molecular complexity index is 470. The molecule has 0 saturated carbocycles. The van der Waals surface area contributed by atoms with Crippen molar-refractivity contribution >= 4 is 0 Å². The molecule has 0 radical (unpaired) electrons. The average Bonchev–Trinajstić information content (AvgIpc) is 2.25. The van der Waals surface area contributed by atoms with E-state index in [0.717, 1.165) is 0 Å². The number of hydrogen-bond acceptors (Lipinski definition) is 3. The van der Waals surface area contributed by atoms with Gasteiger partial charge in [0.05, 0.1) is 17.2 Å². The first kappa shape index (κ1) is 14.6. The fourth-order valence-corrected chi connectivity index (χ4v) is 1.35. The third kappa shape index (κ3) is 3.28. The van der Waals surface area contributed by atoms with E-state index in [1.54, 1.807) is 13.8 Å². The van der Waals surface area contributed by atoms with Gasteiger partial charge < -0.3 is 10.4 Å². The van der Waals surface area contributed by atoms with Gasteiger partial charge in [-0.3, -0.25) is 0 Å². The van der Waals surface area contributed by atoms with Crippen LogP contribution in [0, 0.1) is 17.1 Å². The van der Waals surface area contributed by atoms with Gasteiger partial charge in [0.25, 0.3) is 0 Å². The molecule has 0 amide bonds. The molecule has 0 aromatic heterocycles. The van der Waals surface area contributed by atoms with Crippen LogP contribution in [-0.2, 0) is 6.54 Å². The molecular weight excluding hydrogens is 231 g/mol. The zero-order valence-corrected chi connectivity index (χ0v) is 11.2. The highest BCUT2D eigenvalue weighted by Gasteiger charge is 2.34. The van der Waals surface area contributed by atoms with Gasteiger partial charge in [-0.15, -0.1) is 0 Å². The van der Waals surface area contributed by atoms with E-state index in [1.807, 2.05) is 19.9 Å². The Morgan fingerprint density at radius 3 is 2.44 bits per heavy atom. The monoisotopic (exact) mass is 250 g/mol. The van der Waals surface area contributed by atoms with Gasteiger partial charge >= 0.3 is 0 Å². The van der Waals surface area contributed by atoms with E-state index >= 15 is 0 Å². The van der Waals surface area contributed by atoms with Crippen molar-refractivity contribution in [1.29, 1.82) is 5.26 Å². The number of nitrogens with zero attached hydrogens (tertiary/aromatic N) is 1. The van der Waals surface area contributed by atoms with E-state index in [0.29, 0.717) is 17.7 Å². The first-order valence-electron chi connectivity index (χ1n) is 5.83. The second-order valence-corrected chi connectivity index (χ2v) is 5.45. The van der Waals surface area contributed by atoms with Crippen LogP contribution in [0.1, 0.15) is 38.8 Å². The van der Waals surface area contributed by atoms with Crippen molar-refractivity contribution in [2.24, 2.45) is 0 Å². The Balaban J connectivity index is 2.88. The lowest BCUT2D eigenvalue weighted by Gasteiger charge is -2.38. The summed E-state index contributed by atoms with van der Waals surface area (Å²) in [4.78, 5) is 0. The standard InChI is InChI=1S/C14H19FN2O/c1-13(2,14(3,4)18)17-9-11-7-12(15)6-5-10(11)8-16/h5-7,17-18H,9H2,1-4H3. The van der Waals surface area contributed by atoms with Crippen LogP contribution in [0.15, 0.2) is 18.2 Å². The number of benzene rings is 1. The van der Waals surface area contributed by atoms with E-state index in [1.165, 1.54) is 18.2 Å². The Morgan fingerprint density at radius 2 is 1.94 bits per heavy atom. The molecule has 3 nitrogen and oxygen atoms in total. The molecule has 0 saturated heterocycles. The van der Waals surface area contributed by atoms with Gasteiger partial charge in [0.1, 0.15) is 5.82 Å². The summed E-state index contributed by atoms with van der Waals surface area (Å²) in [5, 5.41) is 22.1. The van der Waals surface area contributed by atoms with Gasteiger partial charge in [-0.05, 0) is 51.5 Å². The zero-order chi connectivity index (χ0) is 14.0. The molecule has 2 N–H and O–H groups in total. The number of hydrogen-bond donors (Lipinski definition) is 2. The molecule has 0 aliphatic carbocycles. The largest absolute Gasteiger partial charge is 0.389 e. The normalized spacial score (nSPS) is 12.3. The topological polar surface area (TPSA) is 56.0 Å². The molecule has 0 unspecified atom stereocenters. The molecule has 0 bridgehead atoms. The average molecular weight is 250 g/mol. The van der Waals surface area contributed by atoms with Crippen LogP contribution in [0.3, 0.4) is 0 Å². The first-order chi connectivity index (χ1) is 8.17. The minimum Gasteiger partial charge on any atom is -0.389 e. The third-order valence-corrected chi connectivity index (χ3v) is 3.44. The molecule has 1 aromatic rings. The van der Waals surface area contributed by atoms with Gasteiger partial charge in [0.2, 0.25) is 0 Å². The van der Waals surface area contributed by atoms with Crippen molar-refractivity contribution in [1.82, 2.24) is 5.32 Å². The lowest BCUT2D eigenvalue weighted by atomic mass is 9.85. The first-order valence-corrected chi connectivity index (χ1v) is 5.83. The minimum atomic E-state index is -0.923. The summed E-state index contributed by atoms with van der Waals surface area (Å²) in [6.45, 7) is 7.46. The summed E-state index contributed by atoms with van der Waals surface area (Å²) < 4.78 is 13.2. The number of halogens is 1. The second-order valence-electron chi connectivity index (χ2n) is 5.45. The molecule has 0 aliphatic rings. The maximum Gasteiger partial charge on any atom is 0.123 e. The van der Waals surface area contributed by atoms with Crippen LogP contribution in [0.25, 0.3) is 0 Å². The van der Waals surface area contributed by atoms with Crippen LogP contribution >= 0.6 is 0 Å². The number of aliphatic hydroxyl groups is 1. The maximum atomic E-state index is 13.2.